The maximum Gasteiger partial charge on any atom is 0.193 e. The quantitative estimate of drug-likeness (QED) is 0.268. The van der Waals surface area contributed by atoms with Crippen molar-refractivity contribution in [2.45, 2.75) is 12.8 Å². The van der Waals surface area contributed by atoms with E-state index in [-0.39, 0.29) is 5.78 Å². The van der Waals surface area contributed by atoms with E-state index < -0.39 is 5.82 Å². The van der Waals surface area contributed by atoms with Crippen LogP contribution in [0.4, 0.5) is 4.39 Å². The second kappa shape index (κ2) is 10.2. The van der Waals surface area contributed by atoms with Gasteiger partial charge >= 0.3 is 0 Å². The Kier molecular flexibility index (Phi) is 6.90. The van der Waals surface area contributed by atoms with E-state index in [1.807, 2.05) is 60.7 Å². The summed E-state index contributed by atoms with van der Waals surface area (Å²) in [7, 11) is 0. The molecule has 4 rings (SSSR count). The van der Waals surface area contributed by atoms with Gasteiger partial charge in [-0.05, 0) is 67.4 Å². The normalized spacial score (nSPS) is 14.5. The fraction of sp³-hybridized carbons (Fsp3) is 0.222. The van der Waals surface area contributed by atoms with Crippen LogP contribution in [-0.2, 0) is 0 Å². The van der Waals surface area contributed by atoms with Crippen molar-refractivity contribution in [2.24, 2.45) is 0 Å². The molecule has 0 atom stereocenters. The number of hydrogen-bond donors (Lipinski definition) is 0. The van der Waals surface area contributed by atoms with E-state index in [0.29, 0.717) is 17.7 Å². The summed E-state index contributed by atoms with van der Waals surface area (Å²) in [4.78, 5) is 15.6. The smallest absolute Gasteiger partial charge is 0.193 e. The standard InChI is InChI=1S/C27H26FNO2/c28-24-10-6-9-23(20-24)27(30)26(22-7-2-1-3-8-22)19-21-11-13-25(14-12-21)31-18-17-29-15-4-5-16-29/h1-3,6-14,19-20H,4-5,15-18H2/b26-19+. The molecule has 1 saturated heterocycles. The number of nitrogens with zero attached hydrogens (tertiary/aromatic N) is 1. The SMILES string of the molecule is O=C(/C(=C/c1ccc(OCCN2CCCC2)cc1)c1ccccc1)c1cccc(F)c1. The van der Waals surface area contributed by atoms with Crippen LogP contribution in [0.15, 0.2) is 78.9 Å². The molecule has 0 spiro atoms. The summed E-state index contributed by atoms with van der Waals surface area (Å²) in [5.41, 5.74) is 2.53. The Balaban J connectivity index is 1.52. The monoisotopic (exact) mass is 415 g/mol. The van der Waals surface area contributed by atoms with Crippen molar-refractivity contribution in [1.29, 1.82) is 0 Å². The van der Waals surface area contributed by atoms with Crippen LogP contribution in [-0.4, -0.2) is 36.9 Å². The van der Waals surface area contributed by atoms with Crippen LogP contribution in [0, 0.1) is 5.82 Å². The van der Waals surface area contributed by atoms with Gasteiger partial charge in [-0.1, -0.05) is 54.6 Å². The van der Waals surface area contributed by atoms with E-state index in [0.717, 1.165) is 36.5 Å². The van der Waals surface area contributed by atoms with Crippen molar-refractivity contribution < 1.29 is 13.9 Å². The number of halogens is 1. The molecule has 0 N–H and O–H groups in total. The Morgan fingerprint density at radius 3 is 2.32 bits per heavy atom. The molecule has 4 heteroatoms. The molecule has 158 valence electrons. The summed E-state index contributed by atoms with van der Waals surface area (Å²) in [5, 5.41) is 0. The van der Waals surface area contributed by atoms with Gasteiger partial charge in [-0.15, -0.1) is 0 Å². The van der Waals surface area contributed by atoms with E-state index in [1.165, 1.54) is 25.0 Å². The Bertz CT molecular complexity index is 1040. The Hall–Kier alpha value is -3.24. The van der Waals surface area contributed by atoms with E-state index in [9.17, 15) is 9.18 Å². The molecular formula is C27H26FNO2. The minimum Gasteiger partial charge on any atom is -0.492 e. The third kappa shape index (κ3) is 5.68. The fourth-order valence-corrected chi connectivity index (χ4v) is 3.81. The third-order valence-corrected chi connectivity index (χ3v) is 5.48. The van der Waals surface area contributed by atoms with Crippen molar-refractivity contribution in [3.8, 4) is 5.75 Å². The lowest BCUT2D eigenvalue weighted by molar-refractivity contribution is 0.105. The Morgan fingerprint density at radius 2 is 1.61 bits per heavy atom. The molecule has 3 nitrogen and oxygen atoms in total. The zero-order valence-corrected chi connectivity index (χ0v) is 17.5. The number of Topliss-reactive ketones (excluding diaryl/α,β-unsaturated/α-hetero) is 1. The van der Waals surface area contributed by atoms with Crippen LogP contribution < -0.4 is 4.74 Å². The van der Waals surface area contributed by atoms with Gasteiger partial charge < -0.3 is 4.74 Å². The van der Waals surface area contributed by atoms with Crippen molar-refractivity contribution in [3.05, 3.63) is 101 Å². The second-order valence-corrected chi connectivity index (χ2v) is 7.73. The highest BCUT2D eigenvalue weighted by molar-refractivity contribution is 6.32. The van der Waals surface area contributed by atoms with Gasteiger partial charge in [0.05, 0.1) is 0 Å². The van der Waals surface area contributed by atoms with Gasteiger partial charge in [-0.3, -0.25) is 9.69 Å². The number of ether oxygens (including phenoxy) is 1. The molecule has 1 fully saturated rings. The lowest BCUT2D eigenvalue weighted by Gasteiger charge is -2.15. The average molecular weight is 416 g/mol. The number of benzene rings is 3. The first-order valence-corrected chi connectivity index (χ1v) is 10.7. The lowest BCUT2D eigenvalue weighted by atomic mass is 9.94. The summed E-state index contributed by atoms with van der Waals surface area (Å²) in [6.45, 7) is 3.94. The zero-order valence-electron chi connectivity index (χ0n) is 17.5. The number of rotatable bonds is 8. The number of hydrogen-bond acceptors (Lipinski definition) is 3. The zero-order chi connectivity index (χ0) is 21.5. The summed E-state index contributed by atoms with van der Waals surface area (Å²) >= 11 is 0. The second-order valence-electron chi connectivity index (χ2n) is 7.73. The van der Waals surface area contributed by atoms with E-state index in [4.69, 9.17) is 4.74 Å². The Labute approximate surface area is 182 Å². The molecule has 0 unspecified atom stereocenters. The summed E-state index contributed by atoms with van der Waals surface area (Å²) in [6.07, 6.45) is 4.40. The van der Waals surface area contributed by atoms with Crippen LogP contribution in [0.3, 0.4) is 0 Å². The molecule has 31 heavy (non-hydrogen) atoms. The Morgan fingerprint density at radius 1 is 0.903 bits per heavy atom. The molecule has 0 radical (unpaired) electrons. The molecule has 0 aliphatic carbocycles. The third-order valence-electron chi connectivity index (χ3n) is 5.48. The average Bonchev–Trinajstić information content (AvgIpc) is 3.32. The minimum atomic E-state index is -0.423. The van der Waals surface area contributed by atoms with Crippen LogP contribution in [0.1, 0.15) is 34.3 Å². The summed E-state index contributed by atoms with van der Waals surface area (Å²) in [5.74, 6) is 0.180. The van der Waals surface area contributed by atoms with Gasteiger partial charge in [0.2, 0.25) is 0 Å². The molecule has 1 aliphatic heterocycles. The van der Waals surface area contributed by atoms with Gasteiger partial charge in [0.1, 0.15) is 18.2 Å². The van der Waals surface area contributed by atoms with E-state index >= 15 is 0 Å². The number of likely N-dealkylation sites (tertiary alicyclic amines) is 1. The predicted molar refractivity (Wildman–Crippen MR) is 123 cm³/mol. The highest BCUT2D eigenvalue weighted by Crippen LogP contribution is 2.24. The molecule has 0 saturated carbocycles. The van der Waals surface area contributed by atoms with Crippen LogP contribution >= 0.6 is 0 Å². The molecule has 0 bridgehead atoms. The van der Waals surface area contributed by atoms with E-state index in [1.54, 1.807) is 12.1 Å². The highest BCUT2D eigenvalue weighted by Gasteiger charge is 2.15. The van der Waals surface area contributed by atoms with Crippen molar-refractivity contribution in [1.82, 2.24) is 4.90 Å². The highest BCUT2D eigenvalue weighted by atomic mass is 19.1. The molecule has 3 aromatic carbocycles. The number of ketones is 1. The topological polar surface area (TPSA) is 29.5 Å². The van der Waals surface area contributed by atoms with Gasteiger partial charge in [0, 0.05) is 17.7 Å². The van der Waals surface area contributed by atoms with Gasteiger partial charge in [0.25, 0.3) is 0 Å². The molecule has 0 amide bonds. The maximum atomic E-state index is 13.7. The van der Waals surface area contributed by atoms with Crippen LogP contribution in [0.5, 0.6) is 5.75 Å². The van der Waals surface area contributed by atoms with Crippen molar-refractivity contribution >= 4 is 17.4 Å². The van der Waals surface area contributed by atoms with Gasteiger partial charge in [0.15, 0.2) is 5.78 Å². The maximum absolute atomic E-state index is 13.7. The summed E-state index contributed by atoms with van der Waals surface area (Å²) in [6, 6.07) is 23.0. The van der Waals surface area contributed by atoms with Crippen LogP contribution in [0.25, 0.3) is 11.6 Å². The van der Waals surface area contributed by atoms with Crippen molar-refractivity contribution in [3.63, 3.8) is 0 Å². The minimum absolute atomic E-state index is 0.211. The molecule has 0 aromatic heterocycles. The fourth-order valence-electron chi connectivity index (χ4n) is 3.81. The molecule has 1 aliphatic rings. The first-order chi connectivity index (χ1) is 15.2. The lowest BCUT2D eigenvalue weighted by Crippen LogP contribution is -2.25. The largest absolute Gasteiger partial charge is 0.492 e. The van der Waals surface area contributed by atoms with Crippen molar-refractivity contribution in [2.75, 3.05) is 26.2 Å². The number of carbonyl (C=O) groups is 1. The molecule has 1 heterocycles. The molecular weight excluding hydrogens is 389 g/mol. The van der Waals surface area contributed by atoms with Crippen LogP contribution in [0.2, 0.25) is 0 Å². The first-order valence-electron chi connectivity index (χ1n) is 10.7. The molecule has 3 aromatic rings. The first kappa shape index (κ1) is 21.0. The van der Waals surface area contributed by atoms with Gasteiger partial charge in [-0.25, -0.2) is 4.39 Å². The number of allylic oxidation sites excluding steroid dienone is 1. The number of carbonyl (C=O) groups excluding carboxylic acids is 1. The summed E-state index contributed by atoms with van der Waals surface area (Å²) < 4.78 is 19.5. The van der Waals surface area contributed by atoms with E-state index in [2.05, 4.69) is 4.90 Å². The predicted octanol–water partition coefficient (Wildman–Crippen LogP) is 5.72. The van der Waals surface area contributed by atoms with Gasteiger partial charge in [-0.2, -0.15) is 0 Å².